The van der Waals surface area contributed by atoms with Crippen LogP contribution < -0.4 is 142 Å². The topological polar surface area (TPSA) is 846 Å². The zero-order chi connectivity index (χ0) is 85.8. The monoisotopic (exact) mass is 1620 g/mol. The van der Waals surface area contributed by atoms with E-state index >= 15 is 4.79 Å². The van der Waals surface area contributed by atoms with Crippen LogP contribution in [0.1, 0.15) is 140 Å². The minimum Gasteiger partial charge on any atom is -0.480 e. The average molecular weight is 1620 g/mol. The third-order valence-electron chi connectivity index (χ3n) is 17.2. The summed E-state index contributed by atoms with van der Waals surface area (Å²) in [7, 11) is 0. The van der Waals surface area contributed by atoms with Crippen molar-refractivity contribution < 1.29 is 53.1 Å². The lowest BCUT2D eigenvalue weighted by atomic mass is 10.0. The van der Waals surface area contributed by atoms with Gasteiger partial charge in [-0.3, -0.25) is 96.4 Å². The van der Waals surface area contributed by atoms with Crippen molar-refractivity contribution >= 4 is 107 Å². The number of nitrogens with two attached hydrogens (primary N) is 9. The van der Waals surface area contributed by atoms with Gasteiger partial charge in [-0.05, 0) is 177 Å². The normalized spacial score (nSPS) is 13.1. The number of aryl methyl sites for hydroxylation is 2. The van der Waals surface area contributed by atoms with Crippen LogP contribution in [0.25, 0.3) is 11.4 Å². The fourth-order valence-corrected chi connectivity index (χ4v) is 11.3. The van der Waals surface area contributed by atoms with E-state index in [0.717, 1.165) is 11.1 Å². The molecule has 0 saturated carbocycles. The first-order valence-corrected chi connectivity index (χ1v) is 37.8. The van der Waals surface area contributed by atoms with E-state index < -0.39 is 155 Å². The summed E-state index contributed by atoms with van der Waals surface area (Å²) < 4.78 is 0. The van der Waals surface area contributed by atoms with E-state index in [1.54, 1.807) is 24.5 Å². The van der Waals surface area contributed by atoms with Crippen LogP contribution in [0.4, 0.5) is 0 Å². The van der Waals surface area contributed by atoms with Crippen LogP contribution in [0.5, 0.6) is 0 Å². The summed E-state index contributed by atoms with van der Waals surface area (Å²) >= 11 is 0. The van der Waals surface area contributed by atoms with E-state index in [1.165, 1.54) is 0 Å². The maximum Gasteiger partial charge on any atom is 0.326 e. The molecule has 0 aliphatic rings. The van der Waals surface area contributed by atoms with Crippen LogP contribution in [0.15, 0.2) is 36.7 Å². The minimum absolute atomic E-state index is 0.000250. The summed E-state index contributed by atoms with van der Waals surface area (Å²) in [5.74, 6) is -12.8. The van der Waals surface area contributed by atoms with Gasteiger partial charge in [-0.1, -0.05) is 0 Å². The van der Waals surface area contributed by atoms with Crippen molar-refractivity contribution in [1.82, 2.24) is 100 Å². The Labute approximate surface area is 666 Å². The molecule has 0 aromatic carbocycles. The Morgan fingerprint density at radius 1 is 0.330 bits per heavy atom. The number of nitrogens with one attached hydrogen (secondary N) is 25. The lowest BCUT2D eigenvalue weighted by Crippen LogP contribution is -2.60. The quantitative estimate of drug-likeness (QED) is 0.0166. The lowest BCUT2D eigenvalue weighted by Gasteiger charge is -2.29. The molecule has 9 atom stereocenters. The van der Waals surface area contributed by atoms with E-state index in [1.807, 2.05) is 19.1 Å². The van der Waals surface area contributed by atoms with E-state index in [-0.39, 0.29) is 187 Å². The Hall–Kier alpha value is -12.9. The van der Waals surface area contributed by atoms with Gasteiger partial charge in [0.05, 0.1) is 11.4 Å². The predicted octanol–water partition coefficient (Wildman–Crippen LogP) is -7.93. The highest BCUT2D eigenvalue weighted by molar-refractivity contribution is 5.99. The summed E-state index contributed by atoms with van der Waals surface area (Å²) in [5.41, 5.74) is 53.0. The highest BCUT2D eigenvalue weighted by atomic mass is 16.4. The number of hydrogen-bond donors (Lipinski definition) is 35. The van der Waals surface area contributed by atoms with Crippen LogP contribution in [0.2, 0.25) is 0 Å². The van der Waals surface area contributed by atoms with Crippen LogP contribution >= 0.6 is 0 Å². The van der Waals surface area contributed by atoms with Crippen molar-refractivity contribution in [2.45, 2.75) is 196 Å². The summed E-state index contributed by atoms with van der Waals surface area (Å²) in [6.45, 7) is 2.25. The molecule has 2 aromatic rings. The van der Waals surface area contributed by atoms with Gasteiger partial charge in [-0.15, -0.1) is 0 Å². The molecule has 47 heteroatoms. The standard InChI is InChI=1S/C68H122N36O11/c1-38-23-34-86-49(36-38)50-37-39(24-35-87-50)21-22-51(105)96-40(13-4-26-88-61(70)71)52(106)97-41(14-5-27-89-62(72)73)53(107)98-42(15-6-28-90-63(74)75)54(108)99-43(16-7-29-91-64(76)77)55(109)100-44(17-8-30-92-65(78)79)56(110)101-45(18-9-31-93-66(80)81)57(111)102-46(19-10-32-94-67(82)83)58(112)103-47(20-11-33-95-68(84)85)59(113)104-48(60(114)115)12-2-3-25-69/h23-24,34-37,40-48H,2-22,25-33,69H2,1H3,(H,96,105)(H,97,106)(H,98,107)(H,99,108)(H,100,109)(H,101,110)(H,102,111)(H,103,112)(H,104,113)(H,114,115)(H4,70,71,88)(H4,72,73,89)(H4,74,75,90)(H4,76,77,91)(H4,78,79,92)(H4,80,81,93)(H4,82,83,94)(H4,84,85,95)/t40-,41-,42-,43-,44-,45-,46-,47-,48-/m0/s1. The number of carbonyl (C=O) groups is 10. The summed E-state index contributed by atoms with van der Waals surface area (Å²) in [5, 5.41) is 116. The van der Waals surface area contributed by atoms with Gasteiger partial charge in [-0.2, -0.15) is 0 Å². The summed E-state index contributed by atoms with van der Waals surface area (Å²) in [4.78, 5) is 153. The van der Waals surface area contributed by atoms with Gasteiger partial charge in [0.1, 0.15) is 54.4 Å². The van der Waals surface area contributed by atoms with E-state index in [0.29, 0.717) is 24.2 Å². The maximum absolute atomic E-state index is 15.0. The fourth-order valence-electron chi connectivity index (χ4n) is 11.3. The molecule has 9 amide bonds. The third kappa shape index (κ3) is 44.7. The van der Waals surface area contributed by atoms with Crippen molar-refractivity contribution in [1.29, 1.82) is 43.3 Å². The van der Waals surface area contributed by atoms with Gasteiger partial charge in [0.25, 0.3) is 0 Å². The van der Waals surface area contributed by atoms with E-state index in [4.69, 9.17) is 94.9 Å². The van der Waals surface area contributed by atoms with Crippen molar-refractivity contribution in [2.24, 2.45) is 51.6 Å². The van der Waals surface area contributed by atoms with Gasteiger partial charge < -0.3 is 147 Å². The highest BCUT2D eigenvalue weighted by Crippen LogP contribution is 2.18. The largest absolute Gasteiger partial charge is 0.480 e. The second kappa shape index (κ2) is 55.5. The van der Waals surface area contributed by atoms with Crippen LogP contribution in [-0.4, -0.2) is 235 Å². The number of amides is 9. The third-order valence-corrected chi connectivity index (χ3v) is 17.2. The lowest BCUT2D eigenvalue weighted by molar-refractivity contribution is -0.142. The van der Waals surface area contributed by atoms with Gasteiger partial charge in [0.15, 0.2) is 47.7 Å². The first kappa shape index (κ1) is 98.2. The first-order valence-electron chi connectivity index (χ1n) is 37.8. The molecule has 2 rings (SSSR count). The zero-order valence-electron chi connectivity index (χ0n) is 65.0. The number of nitrogens with zero attached hydrogens (tertiary/aromatic N) is 2. The molecule has 0 radical (unpaired) electrons. The zero-order valence-corrected chi connectivity index (χ0v) is 65.0. The number of pyridine rings is 2. The molecule has 2 aromatic heterocycles. The van der Waals surface area contributed by atoms with Crippen molar-refractivity contribution in [3.63, 3.8) is 0 Å². The second-order valence-electron chi connectivity index (χ2n) is 26.9. The number of hydrogen-bond acceptors (Lipinski definition) is 21. The Kier molecular flexibility index (Phi) is 47.4. The van der Waals surface area contributed by atoms with E-state index in [9.17, 15) is 48.3 Å². The molecule has 0 aliphatic heterocycles. The second-order valence-corrected chi connectivity index (χ2v) is 26.9. The molecule has 115 heavy (non-hydrogen) atoms. The molecule has 0 bridgehead atoms. The van der Waals surface area contributed by atoms with Crippen molar-refractivity contribution in [3.05, 3.63) is 47.8 Å². The van der Waals surface area contributed by atoms with Crippen LogP contribution in [0.3, 0.4) is 0 Å². The number of carboxylic acids is 1. The molecule has 0 saturated heterocycles. The Morgan fingerprint density at radius 2 is 0.557 bits per heavy atom. The number of guanidine groups is 8. The Morgan fingerprint density at radius 3 is 0.791 bits per heavy atom. The van der Waals surface area contributed by atoms with Crippen LogP contribution in [0, 0.1) is 50.2 Å². The molecule has 0 aliphatic carbocycles. The summed E-state index contributed by atoms with van der Waals surface area (Å²) in [6, 6.07) is -6.25. The molecular formula is C68H122N36O11. The number of carbonyl (C=O) groups excluding carboxylic acids is 9. The van der Waals surface area contributed by atoms with Crippen molar-refractivity contribution in [2.75, 3.05) is 58.9 Å². The number of aliphatic carboxylic acids is 1. The fraction of sp³-hybridized carbons (Fsp3) is 0.588. The molecular weight excluding hydrogens is 1500 g/mol. The minimum atomic E-state index is -1.61. The molecule has 0 unspecified atom stereocenters. The molecule has 640 valence electrons. The molecule has 0 spiro atoms. The average Bonchev–Trinajstić information content (AvgIpc) is 0.880. The van der Waals surface area contributed by atoms with Crippen LogP contribution in [-0.2, 0) is 54.4 Å². The van der Waals surface area contributed by atoms with Gasteiger partial charge in [0, 0.05) is 71.2 Å². The van der Waals surface area contributed by atoms with Crippen molar-refractivity contribution in [3.8, 4) is 11.4 Å². The number of rotatable bonds is 58. The highest BCUT2D eigenvalue weighted by Gasteiger charge is 2.36. The number of aromatic nitrogens is 2. The predicted molar refractivity (Wildman–Crippen MR) is 432 cm³/mol. The van der Waals surface area contributed by atoms with Gasteiger partial charge >= 0.3 is 5.97 Å². The smallest absolute Gasteiger partial charge is 0.326 e. The maximum atomic E-state index is 15.0. The van der Waals surface area contributed by atoms with E-state index in [2.05, 4.69) is 100 Å². The molecule has 44 N–H and O–H groups in total. The Balaban J connectivity index is 2.75. The summed E-state index contributed by atoms with van der Waals surface area (Å²) in [6.07, 6.45) is 3.14. The molecule has 0 fully saturated rings. The first-order chi connectivity index (χ1) is 54.6. The van der Waals surface area contributed by atoms with Gasteiger partial charge in [-0.25, -0.2) is 4.79 Å². The SMILES string of the molecule is Cc1ccnc(-c2cc(CCC(=O)N[C@@H](CCCNC(=N)N)C(=O)N[C@@H](CCCNC(=N)N)C(=O)N[C@@H](CCCNC(=N)N)C(=O)N[C@@H](CCCNC(=N)N)C(=O)N[C@@H](CCCNC(=N)N)C(=O)N[C@@H](CCCNC(=N)N)C(=O)N[C@@H](CCCNC(=N)N)C(=O)N[C@@H](CCCNC(=N)N)C(=O)N[C@@H](CCCCN)C(=O)O)ccn2)c1. The molecule has 2 heterocycles. The molecule has 47 nitrogen and oxygen atoms in total. The number of unbranched alkanes of at least 4 members (excludes halogenated alkanes) is 1. The van der Waals surface area contributed by atoms with Gasteiger partial charge in [0.2, 0.25) is 53.2 Å². The number of carboxylic acid groups (broad SMARTS) is 1. The Bertz CT molecular complexity index is 3570.